The van der Waals surface area contributed by atoms with Crippen molar-refractivity contribution >= 4 is 0 Å². The van der Waals surface area contributed by atoms with E-state index in [-0.39, 0.29) is 0 Å². The minimum absolute atomic E-state index is 0.498. The maximum Gasteiger partial charge on any atom is 0.0681 e. The molecule has 1 nitrogen and oxygen atoms in total. The van der Waals surface area contributed by atoms with Crippen LogP contribution in [-0.4, -0.2) is 10.7 Å². The average Bonchev–Trinajstić information content (AvgIpc) is 2.06. The smallest absolute Gasteiger partial charge is 0.0681 e. The zero-order valence-electron chi connectivity index (χ0n) is 8.05. The van der Waals surface area contributed by atoms with Crippen LogP contribution >= 0.6 is 0 Å². The van der Waals surface area contributed by atoms with Crippen molar-refractivity contribution in [3.8, 4) is 0 Å². The molecule has 0 heterocycles. The van der Waals surface area contributed by atoms with Gasteiger partial charge in [0.25, 0.3) is 0 Å². The van der Waals surface area contributed by atoms with Crippen LogP contribution in [0, 0.1) is 5.92 Å². The molecule has 1 aliphatic rings. The lowest BCUT2D eigenvalue weighted by Gasteiger charge is -2.34. The first-order valence-corrected chi connectivity index (χ1v) is 5.00. The monoisotopic (exact) mass is 168 g/mol. The molecule has 0 spiro atoms. The second kappa shape index (κ2) is 4.08. The molecule has 1 atom stereocenters. The maximum atomic E-state index is 10.1. The molecule has 0 amide bonds. The van der Waals surface area contributed by atoms with Crippen LogP contribution in [0.5, 0.6) is 0 Å². The van der Waals surface area contributed by atoms with E-state index in [9.17, 15) is 5.11 Å². The molecule has 70 valence electrons. The third-order valence-corrected chi connectivity index (χ3v) is 3.04. The second-order valence-electron chi connectivity index (χ2n) is 4.18. The van der Waals surface area contributed by atoms with Gasteiger partial charge in [0.1, 0.15) is 0 Å². The van der Waals surface area contributed by atoms with Crippen molar-refractivity contribution in [2.24, 2.45) is 5.92 Å². The van der Waals surface area contributed by atoms with Crippen LogP contribution in [0.4, 0.5) is 0 Å². The summed E-state index contributed by atoms with van der Waals surface area (Å²) in [5.41, 5.74) is -0.498. The summed E-state index contributed by atoms with van der Waals surface area (Å²) in [5.74, 6) is 0.504. The minimum atomic E-state index is -0.498. The molecular weight excluding hydrogens is 148 g/mol. The Morgan fingerprint density at radius 3 is 2.50 bits per heavy atom. The predicted molar refractivity (Wildman–Crippen MR) is 52.0 cm³/mol. The van der Waals surface area contributed by atoms with E-state index in [0.717, 1.165) is 6.42 Å². The Kier molecular flexibility index (Phi) is 3.33. The molecule has 1 saturated carbocycles. The summed E-state index contributed by atoms with van der Waals surface area (Å²) < 4.78 is 0. The summed E-state index contributed by atoms with van der Waals surface area (Å²) in [6.07, 6.45) is 8.88. The molecule has 12 heavy (non-hydrogen) atoms. The highest BCUT2D eigenvalue weighted by Crippen LogP contribution is 2.34. The highest BCUT2D eigenvalue weighted by atomic mass is 16.3. The van der Waals surface area contributed by atoms with Gasteiger partial charge >= 0.3 is 0 Å². The Balaban J connectivity index is 2.47. The van der Waals surface area contributed by atoms with Gasteiger partial charge in [0.15, 0.2) is 0 Å². The first kappa shape index (κ1) is 9.79. The number of rotatable bonds is 3. The third-order valence-electron chi connectivity index (χ3n) is 3.04. The lowest BCUT2D eigenvalue weighted by atomic mass is 9.76. The lowest BCUT2D eigenvalue weighted by molar-refractivity contribution is -0.0136. The first-order valence-electron chi connectivity index (χ1n) is 5.00. The zero-order chi connectivity index (χ0) is 9.03. The largest absolute Gasteiger partial charge is 0.390 e. The quantitative estimate of drug-likeness (QED) is 0.642. The molecule has 1 heteroatoms. The molecule has 1 aliphatic carbocycles. The van der Waals surface area contributed by atoms with Crippen LogP contribution in [0.3, 0.4) is 0 Å². The summed E-state index contributed by atoms with van der Waals surface area (Å²) in [4.78, 5) is 0. The van der Waals surface area contributed by atoms with Gasteiger partial charge in [0, 0.05) is 0 Å². The van der Waals surface area contributed by atoms with E-state index in [1.54, 1.807) is 0 Å². The fraction of sp³-hybridized carbons (Fsp3) is 0.818. The number of hydrogen-bond donors (Lipinski definition) is 1. The summed E-state index contributed by atoms with van der Waals surface area (Å²) in [7, 11) is 0. The fourth-order valence-electron chi connectivity index (χ4n) is 2.18. The van der Waals surface area contributed by atoms with Crippen molar-refractivity contribution < 1.29 is 5.11 Å². The van der Waals surface area contributed by atoms with E-state index >= 15 is 0 Å². The van der Waals surface area contributed by atoms with Crippen LogP contribution in [0.1, 0.15) is 45.4 Å². The Hall–Kier alpha value is -0.300. The van der Waals surface area contributed by atoms with E-state index in [1.165, 1.54) is 32.1 Å². The Morgan fingerprint density at radius 2 is 2.00 bits per heavy atom. The van der Waals surface area contributed by atoms with E-state index < -0.39 is 5.60 Å². The van der Waals surface area contributed by atoms with Gasteiger partial charge in [0.05, 0.1) is 5.60 Å². The topological polar surface area (TPSA) is 20.2 Å². The summed E-state index contributed by atoms with van der Waals surface area (Å²) in [6.45, 7) is 5.63. The second-order valence-corrected chi connectivity index (χ2v) is 4.18. The molecule has 1 N–H and O–H groups in total. The summed E-state index contributed by atoms with van der Waals surface area (Å²) >= 11 is 0. The maximum absolute atomic E-state index is 10.1. The molecular formula is C11H20O. The standard InChI is InChI=1S/C11H20O/c1-3-9-11(2,12)10-7-5-4-6-8-10/h3,10,12H,1,4-9H2,2H3/t11-/m0/s1. The molecule has 0 aliphatic heterocycles. The van der Waals surface area contributed by atoms with E-state index in [4.69, 9.17) is 0 Å². The molecule has 0 aromatic heterocycles. The molecule has 1 rings (SSSR count). The average molecular weight is 168 g/mol. The van der Waals surface area contributed by atoms with Gasteiger partial charge < -0.3 is 5.11 Å². The SMILES string of the molecule is C=CC[C@](C)(O)C1CCCCC1. The highest BCUT2D eigenvalue weighted by Gasteiger charge is 2.31. The van der Waals surface area contributed by atoms with Gasteiger partial charge in [-0.3, -0.25) is 0 Å². The fourth-order valence-corrected chi connectivity index (χ4v) is 2.18. The van der Waals surface area contributed by atoms with Crippen LogP contribution in [0.2, 0.25) is 0 Å². The third kappa shape index (κ3) is 2.34. The first-order chi connectivity index (χ1) is 5.67. The minimum Gasteiger partial charge on any atom is -0.390 e. The molecule has 0 bridgehead atoms. The van der Waals surface area contributed by atoms with Gasteiger partial charge in [-0.1, -0.05) is 25.3 Å². The molecule has 0 aromatic rings. The Labute approximate surface area is 75.5 Å². The highest BCUT2D eigenvalue weighted by molar-refractivity contribution is 4.89. The number of hydrogen-bond acceptors (Lipinski definition) is 1. The van der Waals surface area contributed by atoms with Crippen molar-refractivity contribution in [2.75, 3.05) is 0 Å². The van der Waals surface area contributed by atoms with Crippen molar-refractivity contribution in [1.82, 2.24) is 0 Å². The summed E-state index contributed by atoms with van der Waals surface area (Å²) in [5, 5.41) is 10.1. The predicted octanol–water partition coefficient (Wildman–Crippen LogP) is 2.89. The van der Waals surface area contributed by atoms with Crippen molar-refractivity contribution in [3.05, 3.63) is 12.7 Å². The molecule has 0 saturated heterocycles. The van der Waals surface area contributed by atoms with E-state index in [0.29, 0.717) is 5.92 Å². The normalized spacial score (nSPS) is 24.8. The van der Waals surface area contributed by atoms with Crippen LogP contribution in [-0.2, 0) is 0 Å². The van der Waals surface area contributed by atoms with Crippen LogP contribution in [0.25, 0.3) is 0 Å². The van der Waals surface area contributed by atoms with Crippen molar-refractivity contribution in [2.45, 2.75) is 51.0 Å². The Bertz CT molecular complexity index is 143. The van der Waals surface area contributed by atoms with E-state index in [2.05, 4.69) is 6.58 Å². The molecule has 0 aromatic carbocycles. The zero-order valence-corrected chi connectivity index (χ0v) is 8.05. The van der Waals surface area contributed by atoms with Crippen LogP contribution < -0.4 is 0 Å². The Morgan fingerprint density at radius 1 is 1.42 bits per heavy atom. The number of aliphatic hydroxyl groups is 1. The van der Waals surface area contributed by atoms with E-state index in [1.807, 2.05) is 13.0 Å². The van der Waals surface area contributed by atoms with Gasteiger partial charge in [0.2, 0.25) is 0 Å². The van der Waals surface area contributed by atoms with Crippen LogP contribution in [0.15, 0.2) is 12.7 Å². The van der Waals surface area contributed by atoms with Gasteiger partial charge in [-0.2, -0.15) is 0 Å². The molecule has 1 fully saturated rings. The van der Waals surface area contributed by atoms with Gasteiger partial charge in [-0.25, -0.2) is 0 Å². The van der Waals surface area contributed by atoms with Gasteiger partial charge in [-0.05, 0) is 32.1 Å². The molecule has 0 radical (unpaired) electrons. The van der Waals surface area contributed by atoms with Crippen molar-refractivity contribution in [1.29, 1.82) is 0 Å². The molecule has 0 unspecified atom stereocenters. The van der Waals surface area contributed by atoms with Crippen molar-refractivity contribution in [3.63, 3.8) is 0 Å². The van der Waals surface area contributed by atoms with Gasteiger partial charge in [-0.15, -0.1) is 6.58 Å². The summed E-state index contributed by atoms with van der Waals surface area (Å²) in [6, 6.07) is 0. The lowest BCUT2D eigenvalue weighted by Crippen LogP contribution is -2.35.